The van der Waals surface area contributed by atoms with E-state index in [1.165, 1.54) is 18.1 Å². The average Bonchev–Trinajstić information content (AvgIpc) is 3.40. The summed E-state index contributed by atoms with van der Waals surface area (Å²) in [6, 6.07) is 4.45. The summed E-state index contributed by atoms with van der Waals surface area (Å²) < 4.78 is 8.87. The van der Waals surface area contributed by atoms with E-state index in [-0.39, 0.29) is 36.6 Å². The lowest BCUT2D eigenvalue weighted by atomic mass is 10.1. The van der Waals surface area contributed by atoms with Crippen LogP contribution in [0.3, 0.4) is 0 Å². The molecule has 4 amide bonds. The number of imidazole rings is 1. The van der Waals surface area contributed by atoms with Crippen molar-refractivity contribution in [1.82, 2.24) is 29.5 Å². The summed E-state index contributed by atoms with van der Waals surface area (Å²) in [4.78, 5) is 42.9. The normalized spacial score (nSPS) is 10.9. The number of methoxy groups -OCH3 is 1. The molecule has 3 rings (SSSR count). The van der Waals surface area contributed by atoms with Crippen molar-refractivity contribution in [2.45, 2.75) is 33.4 Å². The van der Waals surface area contributed by atoms with E-state index in [1.54, 1.807) is 35.4 Å². The summed E-state index contributed by atoms with van der Waals surface area (Å²) in [6.07, 6.45) is 0.500. The molecular formula is C23H32N8O5. The summed E-state index contributed by atoms with van der Waals surface area (Å²) in [7, 11) is 3.06. The fraction of sp³-hybridized carbons (Fsp3) is 0.435. The van der Waals surface area contributed by atoms with Gasteiger partial charge in [-0.15, -0.1) is 0 Å². The fourth-order valence-corrected chi connectivity index (χ4v) is 3.79. The molecule has 0 radical (unpaired) electrons. The highest BCUT2D eigenvalue weighted by Crippen LogP contribution is 2.31. The molecule has 0 bridgehead atoms. The van der Waals surface area contributed by atoms with Gasteiger partial charge in [0.2, 0.25) is 11.9 Å². The number of aliphatic hydroxyl groups is 1. The number of likely N-dealkylation sites (N-methyl/N-ethyl adjacent to an activating group) is 1. The number of fused-ring (bicyclic) bond motifs is 1. The van der Waals surface area contributed by atoms with Crippen molar-refractivity contribution >= 4 is 34.8 Å². The molecule has 0 fully saturated rings. The van der Waals surface area contributed by atoms with E-state index in [9.17, 15) is 14.4 Å². The third-order valence-corrected chi connectivity index (χ3v) is 5.59. The smallest absolute Gasteiger partial charge is 0.317 e. The highest BCUT2D eigenvalue weighted by molar-refractivity contribution is 6.04. The predicted molar refractivity (Wildman–Crippen MR) is 133 cm³/mol. The van der Waals surface area contributed by atoms with Crippen molar-refractivity contribution in [2.24, 2.45) is 5.73 Å². The maximum absolute atomic E-state index is 13.1. The second-order valence-corrected chi connectivity index (χ2v) is 8.17. The van der Waals surface area contributed by atoms with Gasteiger partial charge < -0.3 is 30.4 Å². The molecule has 0 atom stereocenters. The molecule has 0 unspecified atom stereocenters. The maximum atomic E-state index is 13.1. The number of carbonyl (C=O) groups excluding carboxylic acids is 3. The lowest BCUT2D eigenvalue weighted by Crippen LogP contribution is -2.39. The minimum atomic E-state index is -0.632. The molecule has 13 heteroatoms. The molecule has 3 aromatic rings. The maximum Gasteiger partial charge on any atom is 0.317 e. The van der Waals surface area contributed by atoms with Crippen LogP contribution in [0.25, 0.3) is 11.0 Å². The van der Waals surface area contributed by atoms with Crippen molar-refractivity contribution in [1.29, 1.82) is 0 Å². The Morgan fingerprint density at radius 1 is 1.25 bits per heavy atom. The Morgan fingerprint density at radius 3 is 2.64 bits per heavy atom. The molecule has 0 saturated heterocycles. The summed E-state index contributed by atoms with van der Waals surface area (Å²) >= 11 is 0. The van der Waals surface area contributed by atoms with Crippen LogP contribution in [0.2, 0.25) is 0 Å². The number of hydrogen-bond donors (Lipinski definition) is 4. The van der Waals surface area contributed by atoms with E-state index < -0.39 is 5.91 Å². The number of nitrogens with one attached hydrogen (secondary N) is 2. The Hall–Kier alpha value is -4.13. The molecule has 36 heavy (non-hydrogen) atoms. The topological polar surface area (TPSA) is 170 Å². The van der Waals surface area contributed by atoms with Crippen molar-refractivity contribution in [3.05, 3.63) is 35.2 Å². The van der Waals surface area contributed by atoms with E-state index in [4.69, 9.17) is 15.6 Å². The fourth-order valence-electron chi connectivity index (χ4n) is 3.79. The second kappa shape index (κ2) is 11.5. The largest absolute Gasteiger partial charge is 0.494 e. The molecule has 1 aromatic carbocycles. The van der Waals surface area contributed by atoms with Gasteiger partial charge in [0.15, 0.2) is 0 Å². The summed E-state index contributed by atoms with van der Waals surface area (Å²) in [6.45, 7) is 5.02. The first-order valence-corrected chi connectivity index (χ1v) is 11.5. The van der Waals surface area contributed by atoms with Gasteiger partial charge in [0.1, 0.15) is 17.0 Å². The molecule has 0 saturated carbocycles. The number of aryl methyl sites for hydroxylation is 3. The van der Waals surface area contributed by atoms with E-state index >= 15 is 0 Å². The van der Waals surface area contributed by atoms with Crippen LogP contribution in [0.5, 0.6) is 5.75 Å². The quantitative estimate of drug-likeness (QED) is 0.284. The molecule has 0 aliphatic rings. The van der Waals surface area contributed by atoms with Crippen molar-refractivity contribution < 1.29 is 24.2 Å². The molecule has 0 spiro atoms. The first-order valence-electron chi connectivity index (χ1n) is 11.5. The van der Waals surface area contributed by atoms with Gasteiger partial charge in [0.05, 0.1) is 24.9 Å². The van der Waals surface area contributed by atoms with E-state index in [1.807, 2.05) is 6.92 Å². The third kappa shape index (κ3) is 5.74. The number of ether oxygens (including phenoxy) is 1. The van der Waals surface area contributed by atoms with Crippen LogP contribution in [0.1, 0.15) is 39.9 Å². The van der Waals surface area contributed by atoms with E-state index in [0.717, 1.165) is 0 Å². The SMILES string of the molecule is CCn1nc(C)cc1C(=O)Nc1nc2cc(C(N)=O)cc(OC)c2n1CCCNC(=O)N(C)CCO. The number of primary amides is 1. The first kappa shape index (κ1) is 26.5. The van der Waals surface area contributed by atoms with E-state index in [2.05, 4.69) is 20.7 Å². The summed E-state index contributed by atoms with van der Waals surface area (Å²) in [5.74, 6) is -0.398. The Balaban J connectivity index is 1.93. The van der Waals surface area contributed by atoms with Gasteiger partial charge in [-0.1, -0.05) is 0 Å². The molecule has 2 aromatic heterocycles. The number of nitrogens with two attached hydrogens (primary N) is 1. The third-order valence-electron chi connectivity index (χ3n) is 5.59. The van der Waals surface area contributed by atoms with Crippen LogP contribution in [-0.2, 0) is 13.1 Å². The number of anilines is 1. The predicted octanol–water partition coefficient (Wildman–Crippen LogP) is 0.945. The van der Waals surface area contributed by atoms with Gasteiger partial charge in [0.25, 0.3) is 5.91 Å². The number of hydrogen-bond acceptors (Lipinski definition) is 7. The van der Waals surface area contributed by atoms with Crippen LogP contribution >= 0.6 is 0 Å². The lowest BCUT2D eigenvalue weighted by molar-refractivity contribution is 0.0995. The Kier molecular flexibility index (Phi) is 8.48. The van der Waals surface area contributed by atoms with Gasteiger partial charge in [-0.25, -0.2) is 9.78 Å². The molecule has 194 valence electrons. The van der Waals surface area contributed by atoms with Gasteiger partial charge in [0, 0.05) is 38.8 Å². The molecular weight excluding hydrogens is 468 g/mol. The molecule has 5 N–H and O–H groups in total. The highest BCUT2D eigenvalue weighted by Gasteiger charge is 2.21. The lowest BCUT2D eigenvalue weighted by Gasteiger charge is -2.17. The monoisotopic (exact) mass is 500 g/mol. The first-order chi connectivity index (χ1) is 17.2. The molecule has 0 aliphatic carbocycles. The minimum Gasteiger partial charge on any atom is -0.494 e. The molecule has 2 heterocycles. The zero-order valence-corrected chi connectivity index (χ0v) is 20.9. The van der Waals surface area contributed by atoms with Crippen molar-refractivity contribution in [3.8, 4) is 5.75 Å². The van der Waals surface area contributed by atoms with Crippen molar-refractivity contribution in [2.75, 3.05) is 39.2 Å². The van der Waals surface area contributed by atoms with Crippen LogP contribution in [0, 0.1) is 6.92 Å². The Bertz CT molecular complexity index is 1270. The second-order valence-electron chi connectivity index (χ2n) is 8.17. The number of nitrogens with zero attached hydrogens (tertiary/aromatic N) is 5. The average molecular weight is 501 g/mol. The van der Waals surface area contributed by atoms with Crippen molar-refractivity contribution in [3.63, 3.8) is 0 Å². The van der Waals surface area contributed by atoms with Gasteiger partial charge in [-0.2, -0.15) is 5.10 Å². The summed E-state index contributed by atoms with van der Waals surface area (Å²) in [5.41, 5.74) is 7.78. The number of urea groups is 1. The van der Waals surface area contributed by atoms with Gasteiger partial charge in [-0.05, 0) is 38.5 Å². The zero-order valence-electron chi connectivity index (χ0n) is 20.9. The highest BCUT2D eigenvalue weighted by atomic mass is 16.5. The Labute approximate surface area is 208 Å². The number of aromatic nitrogens is 4. The summed E-state index contributed by atoms with van der Waals surface area (Å²) in [5, 5.41) is 18.9. The standard InChI is InChI=1S/C23H32N8O5/c1-5-31-17(11-14(2)28-31)21(34)27-22-26-16-12-15(20(24)33)13-18(36-4)19(16)30(22)8-6-7-25-23(35)29(3)9-10-32/h11-13,32H,5-10H2,1-4H3,(H2,24,33)(H,25,35)(H,26,27,34). The number of rotatable bonds is 11. The number of aliphatic hydroxyl groups excluding tert-OH is 1. The van der Waals surface area contributed by atoms with Crippen LogP contribution in [-0.4, -0.2) is 81.0 Å². The number of carbonyl (C=O) groups is 3. The number of amides is 4. The zero-order chi connectivity index (χ0) is 26.4. The van der Waals surface area contributed by atoms with Crippen LogP contribution in [0.15, 0.2) is 18.2 Å². The minimum absolute atomic E-state index is 0.127. The van der Waals surface area contributed by atoms with Crippen LogP contribution in [0.4, 0.5) is 10.7 Å². The Morgan fingerprint density at radius 2 is 2.00 bits per heavy atom. The number of benzene rings is 1. The molecule has 0 aliphatic heterocycles. The van der Waals surface area contributed by atoms with Gasteiger partial charge in [-0.3, -0.25) is 19.6 Å². The van der Waals surface area contributed by atoms with Gasteiger partial charge >= 0.3 is 6.03 Å². The van der Waals surface area contributed by atoms with Crippen LogP contribution < -0.4 is 21.1 Å². The van der Waals surface area contributed by atoms with E-state index in [0.29, 0.717) is 54.2 Å². The molecule has 13 nitrogen and oxygen atoms in total.